The van der Waals surface area contributed by atoms with Crippen molar-refractivity contribution in [3.05, 3.63) is 28.4 Å². The van der Waals surface area contributed by atoms with E-state index in [4.69, 9.17) is 4.74 Å². The van der Waals surface area contributed by atoms with Crippen LogP contribution in [0.5, 0.6) is 5.88 Å². The van der Waals surface area contributed by atoms with E-state index in [1.54, 1.807) is 0 Å². The molecule has 1 saturated heterocycles. The van der Waals surface area contributed by atoms with Crippen molar-refractivity contribution in [1.29, 1.82) is 0 Å². The molecule has 1 aromatic rings. The highest BCUT2D eigenvalue weighted by Gasteiger charge is 2.17. The average Bonchev–Trinajstić information content (AvgIpc) is 2.16. The topological polar surface area (TPSA) is 77.3 Å². The van der Waals surface area contributed by atoms with Gasteiger partial charge in [-0.3, -0.25) is 10.1 Å². The molecule has 0 saturated carbocycles. The van der Waals surface area contributed by atoms with E-state index in [1.807, 2.05) is 0 Å². The average molecular weight is 246 g/mol. The van der Waals surface area contributed by atoms with Crippen LogP contribution in [0.15, 0.2) is 18.3 Å². The van der Waals surface area contributed by atoms with E-state index in [0.717, 1.165) is 13.1 Å². The lowest BCUT2D eigenvalue weighted by atomic mass is 10.1. The van der Waals surface area contributed by atoms with Crippen molar-refractivity contribution < 1.29 is 9.66 Å². The Hall–Kier alpha value is -1.40. The van der Waals surface area contributed by atoms with Gasteiger partial charge in [0.1, 0.15) is 6.20 Å². The van der Waals surface area contributed by atoms with E-state index < -0.39 is 4.92 Å². The largest absolute Gasteiger partial charge is 0.477 e. The molecule has 2 heterocycles. The fourth-order valence-electron chi connectivity index (χ4n) is 1.24. The summed E-state index contributed by atoms with van der Waals surface area (Å²) in [5, 5.41) is 13.5. The molecule has 1 fully saturated rings. The number of ether oxygens (including phenoxy) is 1. The van der Waals surface area contributed by atoms with Crippen LogP contribution >= 0.6 is 12.4 Å². The van der Waals surface area contributed by atoms with Crippen LogP contribution < -0.4 is 10.1 Å². The minimum Gasteiger partial charge on any atom is -0.477 e. The van der Waals surface area contributed by atoms with Gasteiger partial charge in [-0.25, -0.2) is 4.98 Å². The predicted molar refractivity (Wildman–Crippen MR) is 60.0 cm³/mol. The van der Waals surface area contributed by atoms with E-state index >= 15 is 0 Å². The van der Waals surface area contributed by atoms with E-state index in [2.05, 4.69) is 10.3 Å². The summed E-state index contributed by atoms with van der Waals surface area (Å²) in [6, 6.07) is 2.91. The molecule has 1 aliphatic heterocycles. The second-order valence-electron chi connectivity index (χ2n) is 3.45. The van der Waals surface area contributed by atoms with Gasteiger partial charge >= 0.3 is 0 Å². The van der Waals surface area contributed by atoms with Crippen LogP contribution in [0.1, 0.15) is 0 Å². The number of nitrogens with zero attached hydrogens (tertiary/aromatic N) is 2. The summed E-state index contributed by atoms with van der Waals surface area (Å²) in [6.07, 6.45) is 1.20. The van der Waals surface area contributed by atoms with Crippen LogP contribution in [0, 0.1) is 16.0 Å². The van der Waals surface area contributed by atoms with Gasteiger partial charge in [-0.2, -0.15) is 0 Å². The van der Waals surface area contributed by atoms with Gasteiger partial charge in [0, 0.05) is 31.1 Å². The Kier molecular flexibility index (Phi) is 4.45. The van der Waals surface area contributed by atoms with Crippen LogP contribution in [-0.4, -0.2) is 29.6 Å². The second kappa shape index (κ2) is 5.62. The van der Waals surface area contributed by atoms with Crippen LogP contribution in [0.4, 0.5) is 5.69 Å². The molecule has 88 valence electrons. The lowest BCUT2D eigenvalue weighted by Gasteiger charge is -2.26. The van der Waals surface area contributed by atoms with Gasteiger partial charge in [0.2, 0.25) is 5.88 Å². The number of nitro groups is 1. The van der Waals surface area contributed by atoms with Crippen molar-refractivity contribution in [2.45, 2.75) is 0 Å². The number of hydrogen-bond acceptors (Lipinski definition) is 5. The van der Waals surface area contributed by atoms with Crippen LogP contribution in [0.2, 0.25) is 0 Å². The van der Waals surface area contributed by atoms with E-state index in [0.29, 0.717) is 18.4 Å². The van der Waals surface area contributed by atoms with Crippen molar-refractivity contribution in [1.82, 2.24) is 10.3 Å². The van der Waals surface area contributed by atoms with Crippen LogP contribution in [-0.2, 0) is 0 Å². The molecule has 2 rings (SSSR count). The molecule has 0 amide bonds. The first-order chi connectivity index (χ1) is 7.25. The van der Waals surface area contributed by atoms with E-state index in [1.165, 1.54) is 18.3 Å². The number of rotatable bonds is 4. The highest BCUT2D eigenvalue weighted by molar-refractivity contribution is 5.85. The molecular weight excluding hydrogens is 234 g/mol. The first kappa shape index (κ1) is 12.7. The zero-order valence-corrected chi connectivity index (χ0v) is 9.27. The zero-order chi connectivity index (χ0) is 10.7. The first-order valence-corrected chi connectivity index (χ1v) is 4.69. The molecular formula is C9H12ClN3O3. The lowest BCUT2D eigenvalue weighted by Crippen LogP contribution is -2.45. The van der Waals surface area contributed by atoms with Gasteiger partial charge < -0.3 is 10.1 Å². The summed E-state index contributed by atoms with van der Waals surface area (Å²) in [7, 11) is 0. The van der Waals surface area contributed by atoms with Crippen LogP contribution in [0.25, 0.3) is 0 Å². The molecule has 0 aliphatic carbocycles. The Labute approximate surface area is 98.6 Å². The normalized spacial score (nSPS) is 14.8. The monoisotopic (exact) mass is 245 g/mol. The molecule has 0 unspecified atom stereocenters. The maximum Gasteiger partial charge on any atom is 0.287 e. The summed E-state index contributed by atoms with van der Waals surface area (Å²) in [6.45, 7) is 2.54. The Morgan fingerprint density at radius 2 is 2.31 bits per heavy atom. The van der Waals surface area contributed by atoms with Gasteiger partial charge in [-0.05, 0) is 0 Å². The van der Waals surface area contributed by atoms with Crippen molar-refractivity contribution >= 4 is 18.1 Å². The molecule has 6 nitrogen and oxygen atoms in total. The molecule has 0 bridgehead atoms. The molecule has 0 spiro atoms. The summed E-state index contributed by atoms with van der Waals surface area (Å²) >= 11 is 0. The van der Waals surface area contributed by atoms with Crippen molar-refractivity contribution in [3.8, 4) is 5.88 Å². The Balaban J connectivity index is 0.00000128. The lowest BCUT2D eigenvalue weighted by molar-refractivity contribution is -0.385. The van der Waals surface area contributed by atoms with E-state index in [-0.39, 0.29) is 18.1 Å². The van der Waals surface area contributed by atoms with Gasteiger partial charge in [-0.1, -0.05) is 0 Å². The zero-order valence-electron chi connectivity index (χ0n) is 8.46. The summed E-state index contributed by atoms with van der Waals surface area (Å²) in [4.78, 5) is 13.7. The Morgan fingerprint density at radius 1 is 1.56 bits per heavy atom. The van der Waals surface area contributed by atoms with Gasteiger partial charge in [0.25, 0.3) is 5.69 Å². The maximum absolute atomic E-state index is 10.4. The van der Waals surface area contributed by atoms with Crippen molar-refractivity contribution in [2.24, 2.45) is 5.92 Å². The fourth-order valence-corrected chi connectivity index (χ4v) is 1.24. The second-order valence-corrected chi connectivity index (χ2v) is 3.45. The van der Waals surface area contributed by atoms with E-state index in [9.17, 15) is 10.1 Å². The molecule has 0 radical (unpaired) electrons. The Morgan fingerprint density at radius 3 is 2.75 bits per heavy atom. The third-order valence-corrected chi connectivity index (χ3v) is 2.26. The number of pyridine rings is 1. The van der Waals surface area contributed by atoms with Crippen LogP contribution in [0.3, 0.4) is 0 Å². The number of aromatic nitrogens is 1. The molecule has 7 heteroatoms. The highest BCUT2D eigenvalue weighted by atomic mass is 35.5. The number of hydrogen-bond donors (Lipinski definition) is 1. The number of nitrogens with one attached hydrogen (secondary N) is 1. The fraction of sp³-hybridized carbons (Fsp3) is 0.444. The maximum atomic E-state index is 10.4. The molecule has 1 aliphatic rings. The molecule has 0 aromatic carbocycles. The minimum absolute atomic E-state index is 0. The SMILES string of the molecule is Cl.O=[N+]([O-])c1ccc(OCC2CNC2)nc1. The Bertz CT molecular complexity index is 354. The van der Waals surface area contributed by atoms with Gasteiger partial charge in [0.05, 0.1) is 11.5 Å². The summed E-state index contributed by atoms with van der Waals surface area (Å²) < 4.78 is 5.37. The smallest absolute Gasteiger partial charge is 0.287 e. The minimum atomic E-state index is -0.480. The quantitative estimate of drug-likeness (QED) is 0.633. The molecule has 0 atom stereocenters. The third-order valence-electron chi connectivity index (χ3n) is 2.26. The molecule has 1 aromatic heterocycles. The van der Waals surface area contributed by atoms with Gasteiger partial charge in [-0.15, -0.1) is 12.4 Å². The molecule has 1 N–H and O–H groups in total. The highest BCUT2D eigenvalue weighted by Crippen LogP contribution is 2.14. The molecule has 16 heavy (non-hydrogen) atoms. The van der Waals surface area contributed by atoms with Crippen molar-refractivity contribution in [2.75, 3.05) is 19.7 Å². The number of halogens is 1. The summed E-state index contributed by atoms with van der Waals surface area (Å²) in [5.74, 6) is 0.967. The standard InChI is InChI=1S/C9H11N3O3.ClH/c13-12(14)8-1-2-9(11-5-8)15-6-7-3-10-4-7;/h1-2,5,7,10H,3-4,6H2;1H. The predicted octanol–water partition coefficient (Wildman–Crippen LogP) is 1.01. The van der Waals surface area contributed by atoms with Crippen molar-refractivity contribution in [3.63, 3.8) is 0 Å². The third kappa shape index (κ3) is 3.04. The summed E-state index contributed by atoms with van der Waals surface area (Å²) in [5.41, 5.74) is -0.0207. The first-order valence-electron chi connectivity index (χ1n) is 4.69. The van der Waals surface area contributed by atoms with Gasteiger partial charge in [0.15, 0.2) is 0 Å².